The first-order valence-corrected chi connectivity index (χ1v) is 9.95. The van der Waals surface area contributed by atoms with Crippen LogP contribution in [0.5, 0.6) is 0 Å². The van der Waals surface area contributed by atoms with Crippen molar-refractivity contribution in [2.75, 3.05) is 11.9 Å². The largest absolute Gasteiger partial charge is 0.348 e. The van der Waals surface area contributed by atoms with Gasteiger partial charge in [-0.15, -0.1) is 0 Å². The Kier molecular flexibility index (Phi) is 5.41. The summed E-state index contributed by atoms with van der Waals surface area (Å²) in [6.07, 6.45) is 1.81. The van der Waals surface area contributed by atoms with E-state index in [4.69, 9.17) is 11.6 Å². The summed E-state index contributed by atoms with van der Waals surface area (Å²) >= 11 is 6.20. The second-order valence-corrected chi connectivity index (χ2v) is 7.70. The molecule has 0 saturated heterocycles. The molecule has 6 heteroatoms. The molecule has 1 aliphatic heterocycles. The molecular formula is C23H22ClN3O2. The molecule has 0 unspecified atom stereocenters. The van der Waals surface area contributed by atoms with Crippen LogP contribution in [-0.2, 0) is 16.1 Å². The zero-order chi connectivity index (χ0) is 20.4. The molecule has 0 saturated carbocycles. The number of amides is 2. The minimum atomic E-state index is -0.315. The first-order valence-electron chi connectivity index (χ1n) is 9.58. The van der Waals surface area contributed by atoms with Crippen LogP contribution in [0.15, 0.2) is 66.9 Å². The Labute approximate surface area is 174 Å². The van der Waals surface area contributed by atoms with Gasteiger partial charge in [0.2, 0.25) is 11.8 Å². The van der Waals surface area contributed by atoms with Crippen LogP contribution >= 0.6 is 11.6 Å². The van der Waals surface area contributed by atoms with Gasteiger partial charge in [-0.2, -0.15) is 0 Å². The molecule has 2 amide bonds. The highest BCUT2D eigenvalue weighted by Gasteiger charge is 2.32. The molecule has 0 bridgehead atoms. The van der Waals surface area contributed by atoms with Crippen molar-refractivity contribution in [1.82, 2.24) is 9.47 Å². The average Bonchev–Trinajstić information content (AvgIpc) is 3.17. The van der Waals surface area contributed by atoms with Crippen LogP contribution in [0, 0.1) is 6.92 Å². The summed E-state index contributed by atoms with van der Waals surface area (Å²) < 4.78 is 2.14. The number of hydrogen-bond acceptors (Lipinski definition) is 2. The molecule has 2 aromatic carbocycles. The smallest absolute Gasteiger partial charge is 0.233 e. The predicted octanol–water partition coefficient (Wildman–Crippen LogP) is 4.41. The van der Waals surface area contributed by atoms with Crippen LogP contribution in [0.2, 0.25) is 5.02 Å². The van der Waals surface area contributed by atoms with Gasteiger partial charge in [-0.25, -0.2) is 0 Å². The van der Waals surface area contributed by atoms with Crippen LogP contribution in [-0.4, -0.2) is 27.8 Å². The second-order valence-electron chi connectivity index (χ2n) is 7.26. The van der Waals surface area contributed by atoms with Crippen LogP contribution in [0.1, 0.15) is 29.3 Å². The zero-order valence-electron chi connectivity index (χ0n) is 16.1. The summed E-state index contributed by atoms with van der Waals surface area (Å²) in [7, 11) is 0. The van der Waals surface area contributed by atoms with Crippen molar-refractivity contribution < 1.29 is 9.59 Å². The van der Waals surface area contributed by atoms with Crippen molar-refractivity contribution in [2.24, 2.45) is 0 Å². The van der Waals surface area contributed by atoms with Crippen LogP contribution in [0.4, 0.5) is 5.69 Å². The highest BCUT2D eigenvalue weighted by atomic mass is 35.5. The molecule has 2 heterocycles. The molecular weight excluding hydrogens is 386 g/mol. The van der Waals surface area contributed by atoms with E-state index in [-0.39, 0.29) is 24.3 Å². The molecule has 0 spiro atoms. The monoisotopic (exact) mass is 407 g/mol. The number of carbonyl (C=O) groups excluding carboxylic acids is 2. The van der Waals surface area contributed by atoms with E-state index in [2.05, 4.69) is 9.88 Å². The minimum absolute atomic E-state index is 0.202. The Morgan fingerprint density at radius 2 is 1.86 bits per heavy atom. The normalized spacial score (nSPS) is 15.7. The lowest BCUT2D eigenvalue weighted by Gasteiger charge is -2.37. The van der Waals surface area contributed by atoms with Crippen LogP contribution in [0.3, 0.4) is 0 Å². The SMILES string of the molecule is Cc1ccc(NC(=O)CC(=O)N2CCn3cccc3[C@@H]2c2cccc(Cl)c2)cc1. The fraction of sp³-hybridized carbons (Fsp3) is 0.217. The molecule has 3 aromatic rings. The van der Waals surface area contributed by atoms with Gasteiger partial charge in [0.05, 0.1) is 6.04 Å². The molecule has 1 aromatic heterocycles. The van der Waals surface area contributed by atoms with Gasteiger partial charge in [0.25, 0.3) is 0 Å². The zero-order valence-corrected chi connectivity index (χ0v) is 16.9. The number of benzene rings is 2. The van der Waals surface area contributed by atoms with Crippen molar-refractivity contribution in [3.63, 3.8) is 0 Å². The van der Waals surface area contributed by atoms with E-state index in [1.165, 1.54) is 0 Å². The maximum absolute atomic E-state index is 13.1. The van der Waals surface area contributed by atoms with E-state index >= 15 is 0 Å². The van der Waals surface area contributed by atoms with Gasteiger partial charge in [0.15, 0.2) is 0 Å². The molecule has 5 nitrogen and oxygen atoms in total. The van der Waals surface area contributed by atoms with Crippen molar-refractivity contribution in [1.29, 1.82) is 0 Å². The van der Waals surface area contributed by atoms with E-state index in [0.29, 0.717) is 23.8 Å². The predicted molar refractivity (Wildman–Crippen MR) is 114 cm³/mol. The number of nitrogens with zero attached hydrogens (tertiary/aromatic N) is 2. The van der Waals surface area contributed by atoms with Gasteiger partial charge in [0, 0.05) is 35.7 Å². The third-order valence-corrected chi connectivity index (χ3v) is 5.41. The third kappa shape index (κ3) is 4.20. The minimum Gasteiger partial charge on any atom is -0.348 e. The standard InChI is InChI=1S/C23H22ClN3O2/c1-16-7-9-19(10-8-16)25-21(28)15-22(29)27-13-12-26-11-3-6-20(26)23(27)17-4-2-5-18(24)14-17/h2-11,14,23H,12-13,15H2,1H3,(H,25,28)/t23-/m0/s1. The van der Waals surface area contributed by atoms with Crippen molar-refractivity contribution >= 4 is 29.1 Å². The molecule has 4 rings (SSSR count). The summed E-state index contributed by atoms with van der Waals surface area (Å²) in [5, 5.41) is 3.43. The topological polar surface area (TPSA) is 54.3 Å². The van der Waals surface area contributed by atoms with E-state index in [1.54, 1.807) is 4.90 Å². The number of carbonyl (C=O) groups is 2. The van der Waals surface area contributed by atoms with Gasteiger partial charge in [-0.3, -0.25) is 9.59 Å². The molecule has 1 atom stereocenters. The number of hydrogen-bond donors (Lipinski definition) is 1. The molecule has 1 aliphatic rings. The molecule has 148 valence electrons. The van der Waals surface area contributed by atoms with Gasteiger partial charge in [0.1, 0.15) is 6.42 Å². The Morgan fingerprint density at radius 1 is 1.07 bits per heavy atom. The molecule has 0 radical (unpaired) electrons. The summed E-state index contributed by atoms with van der Waals surface area (Å²) in [6, 6.07) is 18.8. The lowest BCUT2D eigenvalue weighted by Crippen LogP contribution is -2.43. The number of halogens is 1. The number of nitrogens with one attached hydrogen (secondary N) is 1. The lowest BCUT2D eigenvalue weighted by atomic mass is 9.99. The highest BCUT2D eigenvalue weighted by Crippen LogP contribution is 2.33. The molecule has 0 aliphatic carbocycles. The number of anilines is 1. The van der Waals surface area contributed by atoms with Crippen molar-refractivity contribution in [2.45, 2.75) is 25.9 Å². The maximum Gasteiger partial charge on any atom is 0.233 e. The average molecular weight is 408 g/mol. The molecule has 29 heavy (non-hydrogen) atoms. The first-order chi connectivity index (χ1) is 14.0. The maximum atomic E-state index is 13.1. The fourth-order valence-electron chi connectivity index (χ4n) is 3.76. The Bertz CT molecular complexity index is 1040. The number of aryl methyl sites for hydroxylation is 1. The van der Waals surface area contributed by atoms with Gasteiger partial charge >= 0.3 is 0 Å². The molecule has 1 N–H and O–H groups in total. The number of rotatable bonds is 4. The highest BCUT2D eigenvalue weighted by molar-refractivity contribution is 6.30. The summed E-state index contributed by atoms with van der Waals surface area (Å²) in [6.45, 7) is 3.22. The van der Waals surface area contributed by atoms with Crippen molar-refractivity contribution in [3.05, 3.63) is 88.7 Å². The van der Waals surface area contributed by atoms with Crippen molar-refractivity contribution in [3.8, 4) is 0 Å². The Hall–Kier alpha value is -3.05. The summed E-state index contributed by atoms with van der Waals surface area (Å²) in [4.78, 5) is 27.3. The number of fused-ring (bicyclic) bond motifs is 1. The van der Waals surface area contributed by atoms with Crippen LogP contribution in [0.25, 0.3) is 0 Å². The van der Waals surface area contributed by atoms with Gasteiger partial charge in [-0.1, -0.05) is 41.4 Å². The quantitative estimate of drug-likeness (QED) is 0.651. The Morgan fingerprint density at radius 3 is 2.62 bits per heavy atom. The van der Waals surface area contributed by atoms with E-state index in [9.17, 15) is 9.59 Å². The molecule has 0 fully saturated rings. The van der Waals surface area contributed by atoms with Crippen LogP contribution < -0.4 is 5.32 Å². The van der Waals surface area contributed by atoms with Gasteiger partial charge < -0.3 is 14.8 Å². The lowest BCUT2D eigenvalue weighted by molar-refractivity contribution is -0.136. The fourth-order valence-corrected chi connectivity index (χ4v) is 3.96. The third-order valence-electron chi connectivity index (χ3n) is 5.17. The Balaban J connectivity index is 1.54. The first kappa shape index (κ1) is 19.3. The number of aromatic nitrogens is 1. The second kappa shape index (κ2) is 8.13. The van der Waals surface area contributed by atoms with Gasteiger partial charge in [-0.05, 0) is 48.9 Å². The van der Waals surface area contributed by atoms with E-state index < -0.39 is 0 Å². The summed E-state index contributed by atoms with van der Waals surface area (Å²) in [5.74, 6) is -0.517. The summed E-state index contributed by atoms with van der Waals surface area (Å²) in [5.41, 5.74) is 3.75. The van der Waals surface area contributed by atoms with E-state index in [1.807, 2.05) is 73.8 Å². The van der Waals surface area contributed by atoms with E-state index in [0.717, 1.165) is 16.8 Å².